The molecule has 2 aromatic rings. The molecule has 21 heavy (non-hydrogen) atoms. The van der Waals surface area contributed by atoms with Crippen LogP contribution in [-0.4, -0.2) is 39.2 Å². The number of piperidine rings is 1. The van der Waals surface area contributed by atoms with Gasteiger partial charge in [-0.3, -0.25) is 4.79 Å². The minimum absolute atomic E-state index is 0.101. The van der Waals surface area contributed by atoms with Crippen LogP contribution in [0.1, 0.15) is 53.6 Å². The first-order valence-corrected chi connectivity index (χ1v) is 7.22. The summed E-state index contributed by atoms with van der Waals surface area (Å²) in [6.45, 7) is 5.06. The first kappa shape index (κ1) is 13.8. The van der Waals surface area contributed by atoms with E-state index >= 15 is 0 Å². The van der Waals surface area contributed by atoms with Crippen molar-refractivity contribution in [1.82, 2.24) is 20.2 Å². The van der Waals surface area contributed by atoms with Gasteiger partial charge in [0, 0.05) is 31.5 Å². The molecule has 3 rings (SSSR count). The quantitative estimate of drug-likeness (QED) is 0.858. The number of aryl methyl sites for hydroxylation is 2. The predicted octanol–water partition coefficient (Wildman–Crippen LogP) is 1.95. The summed E-state index contributed by atoms with van der Waals surface area (Å²) in [6, 6.07) is 1.66. The van der Waals surface area contributed by atoms with E-state index in [1.54, 1.807) is 17.9 Å². The van der Waals surface area contributed by atoms with Crippen molar-refractivity contribution < 1.29 is 13.8 Å². The molecule has 0 saturated carbocycles. The van der Waals surface area contributed by atoms with Crippen molar-refractivity contribution in [2.75, 3.05) is 13.1 Å². The molecule has 0 aliphatic carbocycles. The largest absolute Gasteiger partial charge is 0.361 e. The van der Waals surface area contributed by atoms with Crippen molar-refractivity contribution in [2.45, 2.75) is 39.0 Å². The average molecular weight is 290 g/mol. The number of carbonyl (C=O) groups is 1. The number of hydrogen-bond acceptors (Lipinski definition) is 6. The maximum atomic E-state index is 12.4. The number of likely N-dealkylation sites (tertiary alicyclic amines) is 1. The topological polar surface area (TPSA) is 85.3 Å². The van der Waals surface area contributed by atoms with Crippen molar-refractivity contribution in [2.24, 2.45) is 0 Å². The second-order valence-electron chi connectivity index (χ2n) is 5.31. The molecule has 1 saturated heterocycles. The maximum Gasteiger partial charge on any atom is 0.276 e. The van der Waals surface area contributed by atoms with Crippen LogP contribution in [0.15, 0.2) is 15.1 Å². The Kier molecular flexibility index (Phi) is 3.72. The van der Waals surface area contributed by atoms with Gasteiger partial charge in [-0.2, -0.15) is 4.98 Å². The summed E-state index contributed by atoms with van der Waals surface area (Å²) in [6.07, 6.45) is 2.61. The van der Waals surface area contributed by atoms with E-state index in [4.69, 9.17) is 9.05 Å². The van der Waals surface area contributed by atoms with Gasteiger partial charge in [0.2, 0.25) is 5.89 Å². The summed E-state index contributed by atoms with van der Waals surface area (Å²) in [7, 11) is 0. The monoisotopic (exact) mass is 290 g/mol. The number of rotatable bonds is 3. The molecule has 3 heterocycles. The number of hydrogen-bond donors (Lipinski definition) is 0. The van der Waals surface area contributed by atoms with Crippen molar-refractivity contribution in [1.29, 1.82) is 0 Å². The van der Waals surface area contributed by atoms with Gasteiger partial charge in [0.15, 0.2) is 11.5 Å². The third kappa shape index (κ3) is 2.81. The molecule has 1 atom stereocenters. The van der Waals surface area contributed by atoms with Crippen molar-refractivity contribution in [3.63, 3.8) is 0 Å². The lowest BCUT2D eigenvalue weighted by molar-refractivity contribution is 0.0693. The summed E-state index contributed by atoms with van der Waals surface area (Å²) < 4.78 is 10.1. The molecule has 0 radical (unpaired) electrons. The Labute approximate surface area is 122 Å². The Balaban J connectivity index is 1.72. The molecule has 1 aliphatic rings. The zero-order valence-electron chi connectivity index (χ0n) is 12.2. The maximum absolute atomic E-state index is 12.4. The minimum Gasteiger partial charge on any atom is -0.361 e. The fourth-order valence-corrected chi connectivity index (χ4v) is 2.58. The Bertz CT molecular complexity index is 634. The van der Waals surface area contributed by atoms with E-state index in [9.17, 15) is 4.79 Å². The summed E-state index contributed by atoms with van der Waals surface area (Å²) in [5, 5.41) is 7.81. The lowest BCUT2D eigenvalue weighted by Crippen LogP contribution is -2.39. The molecule has 0 bridgehead atoms. The summed E-state index contributed by atoms with van der Waals surface area (Å²) >= 11 is 0. The van der Waals surface area contributed by atoms with Gasteiger partial charge in [-0.1, -0.05) is 17.2 Å². The molecular weight excluding hydrogens is 272 g/mol. The molecule has 1 amide bonds. The second-order valence-corrected chi connectivity index (χ2v) is 5.31. The molecule has 7 nitrogen and oxygen atoms in total. The van der Waals surface area contributed by atoms with Gasteiger partial charge in [0.05, 0.1) is 0 Å². The van der Waals surface area contributed by atoms with Crippen molar-refractivity contribution >= 4 is 5.91 Å². The van der Waals surface area contributed by atoms with Crippen molar-refractivity contribution in [3.05, 3.63) is 29.2 Å². The Morgan fingerprint density at radius 1 is 1.43 bits per heavy atom. The summed E-state index contributed by atoms with van der Waals surface area (Å²) in [5.41, 5.74) is 0.357. The first-order valence-electron chi connectivity index (χ1n) is 7.22. The van der Waals surface area contributed by atoms with Gasteiger partial charge >= 0.3 is 0 Å². The van der Waals surface area contributed by atoms with Gasteiger partial charge < -0.3 is 13.9 Å². The zero-order valence-corrected chi connectivity index (χ0v) is 12.2. The summed E-state index contributed by atoms with van der Waals surface area (Å²) in [4.78, 5) is 18.5. The van der Waals surface area contributed by atoms with E-state index in [-0.39, 0.29) is 11.8 Å². The number of nitrogens with zero attached hydrogens (tertiary/aromatic N) is 4. The van der Waals surface area contributed by atoms with E-state index in [0.29, 0.717) is 29.7 Å². The van der Waals surface area contributed by atoms with Crippen LogP contribution in [0.5, 0.6) is 0 Å². The predicted molar refractivity (Wildman–Crippen MR) is 72.8 cm³/mol. The normalized spacial score (nSPS) is 19.0. The van der Waals surface area contributed by atoms with Gasteiger partial charge in [-0.05, 0) is 19.8 Å². The van der Waals surface area contributed by atoms with Gasteiger partial charge in [0.25, 0.3) is 5.91 Å². The highest BCUT2D eigenvalue weighted by Gasteiger charge is 2.29. The fourth-order valence-electron chi connectivity index (χ4n) is 2.58. The molecule has 2 aromatic heterocycles. The molecule has 112 valence electrons. The molecule has 1 aliphatic heterocycles. The van der Waals surface area contributed by atoms with Gasteiger partial charge in [0.1, 0.15) is 5.76 Å². The standard InChI is InChI=1S/C14H18N4O3/c1-3-12-15-13(17-21-12)10-5-4-6-18(8-10)14(19)11-7-9(2)20-16-11/h7,10H,3-6,8H2,1-2H3/t10-/m1/s1. The van der Waals surface area contributed by atoms with Crippen LogP contribution in [0, 0.1) is 6.92 Å². The van der Waals surface area contributed by atoms with Gasteiger partial charge in [-0.25, -0.2) is 0 Å². The van der Waals surface area contributed by atoms with E-state index in [1.165, 1.54) is 0 Å². The minimum atomic E-state index is -0.101. The Morgan fingerprint density at radius 2 is 2.29 bits per heavy atom. The molecular formula is C14H18N4O3. The highest BCUT2D eigenvalue weighted by molar-refractivity contribution is 5.92. The second kappa shape index (κ2) is 5.67. The number of aromatic nitrogens is 3. The van der Waals surface area contributed by atoms with E-state index < -0.39 is 0 Å². The van der Waals surface area contributed by atoms with E-state index in [2.05, 4.69) is 15.3 Å². The first-order chi connectivity index (χ1) is 10.2. The highest BCUT2D eigenvalue weighted by Crippen LogP contribution is 2.26. The third-order valence-corrected chi connectivity index (χ3v) is 3.71. The van der Waals surface area contributed by atoms with E-state index in [0.717, 1.165) is 25.8 Å². The third-order valence-electron chi connectivity index (χ3n) is 3.71. The van der Waals surface area contributed by atoms with Crippen LogP contribution in [-0.2, 0) is 6.42 Å². The number of carbonyl (C=O) groups excluding carboxylic acids is 1. The highest BCUT2D eigenvalue weighted by atomic mass is 16.5. The molecule has 0 aromatic carbocycles. The lowest BCUT2D eigenvalue weighted by Gasteiger charge is -2.30. The van der Waals surface area contributed by atoms with Gasteiger partial charge in [-0.15, -0.1) is 0 Å². The fraction of sp³-hybridized carbons (Fsp3) is 0.571. The lowest BCUT2D eigenvalue weighted by atomic mass is 9.97. The Morgan fingerprint density at radius 3 is 2.95 bits per heavy atom. The number of amides is 1. The smallest absolute Gasteiger partial charge is 0.276 e. The molecule has 0 spiro atoms. The zero-order chi connectivity index (χ0) is 14.8. The van der Waals surface area contributed by atoms with Crippen LogP contribution in [0.4, 0.5) is 0 Å². The van der Waals surface area contributed by atoms with Crippen LogP contribution < -0.4 is 0 Å². The molecule has 0 unspecified atom stereocenters. The van der Waals surface area contributed by atoms with Crippen LogP contribution in [0.2, 0.25) is 0 Å². The van der Waals surface area contributed by atoms with Crippen LogP contribution in [0.3, 0.4) is 0 Å². The molecule has 1 fully saturated rings. The van der Waals surface area contributed by atoms with Crippen molar-refractivity contribution in [3.8, 4) is 0 Å². The van der Waals surface area contributed by atoms with E-state index in [1.807, 2.05) is 6.92 Å². The Hall–Kier alpha value is -2.18. The van der Waals surface area contributed by atoms with Crippen LogP contribution in [0.25, 0.3) is 0 Å². The summed E-state index contributed by atoms with van der Waals surface area (Å²) in [5.74, 6) is 1.99. The average Bonchev–Trinajstić information content (AvgIpc) is 3.15. The molecule has 7 heteroatoms. The molecule has 0 N–H and O–H groups in total. The van der Waals surface area contributed by atoms with Crippen LogP contribution >= 0.6 is 0 Å². The SMILES string of the molecule is CCc1nc([C@@H]2CCCN(C(=O)c3cc(C)on3)C2)no1.